The van der Waals surface area contributed by atoms with E-state index < -0.39 is 0 Å². The van der Waals surface area contributed by atoms with Gasteiger partial charge in [0, 0.05) is 0 Å². The van der Waals surface area contributed by atoms with Crippen molar-refractivity contribution in [1.29, 1.82) is 0 Å². The molecule has 102 valence electrons. The third kappa shape index (κ3) is 3.59. The number of nitrogens with two attached hydrogens (primary N) is 1. The number of rotatable bonds is 5. The fourth-order valence-corrected chi connectivity index (χ4v) is 2.90. The summed E-state index contributed by atoms with van der Waals surface area (Å²) in [7, 11) is 0. The SMILES string of the molecule is Cc1cc(COCC2CCCC(C)C2)oc1CN. The van der Waals surface area contributed by atoms with Crippen LogP contribution in [0.5, 0.6) is 0 Å². The summed E-state index contributed by atoms with van der Waals surface area (Å²) in [6.45, 7) is 6.27. The minimum absolute atomic E-state index is 0.464. The molecule has 2 N–H and O–H groups in total. The Kier molecular flexibility index (Phi) is 4.84. The van der Waals surface area contributed by atoms with E-state index in [0.29, 0.717) is 13.2 Å². The Morgan fingerprint density at radius 3 is 2.94 bits per heavy atom. The molecule has 2 rings (SSSR count). The second kappa shape index (κ2) is 6.39. The van der Waals surface area contributed by atoms with Gasteiger partial charge in [0.05, 0.1) is 13.2 Å². The monoisotopic (exact) mass is 251 g/mol. The van der Waals surface area contributed by atoms with Crippen molar-refractivity contribution in [1.82, 2.24) is 0 Å². The predicted octanol–water partition coefficient (Wildman–Crippen LogP) is 3.39. The van der Waals surface area contributed by atoms with Crippen molar-refractivity contribution in [2.45, 2.75) is 52.7 Å². The Morgan fingerprint density at radius 1 is 1.44 bits per heavy atom. The van der Waals surface area contributed by atoms with Crippen molar-refractivity contribution in [2.24, 2.45) is 17.6 Å². The molecule has 18 heavy (non-hydrogen) atoms. The molecule has 1 aliphatic carbocycles. The van der Waals surface area contributed by atoms with Crippen LogP contribution in [0.25, 0.3) is 0 Å². The summed E-state index contributed by atoms with van der Waals surface area (Å²) in [5, 5.41) is 0. The van der Waals surface area contributed by atoms with E-state index in [0.717, 1.165) is 35.5 Å². The van der Waals surface area contributed by atoms with Crippen molar-refractivity contribution in [3.8, 4) is 0 Å². The molecule has 1 aliphatic rings. The van der Waals surface area contributed by atoms with Crippen LogP contribution in [-0.2, 0) is 17.9 Å². The van der Waals surface area contributed by atoms with Crippen LogP contribution in [0.1, 0.15) is 49.7 Å². The van der Waals surface area contributed by atoms with Crippen molar-refractivity contribution >= 4 is 0 Å². The molecule has 1 heterocycles. The smallest absolute Gasteiger partial charge is 0.130 e. The lowest BCUT2D eigenvalue weighted by Gasteiger charge is -2.26. The molecule has 3 heteroatoms. The molecule has 0 bridgehead atoms. The van der Waals surface area contributed by atoms with Gasteiger partial charge in [-0.25, -0.2) is 0 Å². The van der Waals surface area contributed by atoms with E-state index >= 15 is 0 Å². The Bertz CT molecular complexity index is 373. The van der Waals surface area contributed by atoms with Crippen molar-refractivity contribution in [3.05, 3.63) is 23.2 Å². The highest BCUT2D eigenvalue weighted by molar-refractivity contribution is 5.19. The highest BCUT2D eigenvalue weighted by Crippen LogP contribution is 2.28. The minimum Gasteiger partial charge on any atom is -0.462 e. The first-order valence-corrected chi connectivity index (χ1v) is 7.05. The van der Waals surface area contributed by atoms with Gasteiger partial charge in [0.2, 0.25) is 0 Å². The summed E-state index contributed by atoms with van der Waals surface area (Å²) in [6.07, 6.45) is 5.36. The fraction of sp³-hybridized carbons (Fsp3) is 0.733. The van der Waals surface area contributed by atoms with Gasteiger partial charge in [-0.1, -0.05) is 19.8 Å². The van der Waals surface area contributed by atoms with Gasteiger partial charge in [0.25, 0.3) is 0 Å². The summed E-state index contributed by atoms with van der Waals surface area (Å²) < 4.78 is 11.4. The molecule has 0 aliphatic heterocycles. The van der Waals surface area contributed by atoms with E-state index in [4.69, 9.17) is 14.9 Å². The van der Waals surface area contributed by atoms with Gasteiger partial charge < -0.3 is 14.9 Å². The van der Waals surface area contributed by atoms with Gasteiger partial charge in [-0.2, -0.15) is 0 Å². The van der Waals surface area contributed by atoms with Gasteiger partial charge in [0.1, 0.15) is 18.1 Å². The zero-order chi connectivity index (χ0) is 13.0. The Labute approximate surface area is 110 Å². The predicted molar refractivity (Wildman–Crippen MR) is 72.1 cm³/mol. The Hall–Kier alpha value is -0.800. The van der Waals surface area contributed by atoms with E-state index in [-0.39, 0.29) is 0 Å². The molecular weight excluding hydrogens is 226 g/mol. The largest absolute Gasteiger partial charge is 0.462 e. The summed E-state index contributed by atoms with van der Waals surface area (Å²) in [6, 6.07) is 2.03. The Balaban J connectivity index is 1.74. The summed E-state index contributed by atoms with van der Waals surface area (Å²) >= 11 is 0. The van der Waals surface area contributed by atoms with Crippen molar-refractivity contribution in [3.63, 3.8) is 0 Å². The normalized spacial score (nSPS) is 24.4. The highest BCUT2D eigenvalue weighted by Gasteiger charge is 2.19. The molecule has 0 radical (unpaired) electrons. The maximum Gasteiger partial charge on any atom is 0.130 e. The second-order valence-electron chi connectivity index (χ2n) is 5.68. The molecule has 2 unspecified atom stereocenters. The maximum atomic E-state index is 5.79. The van der Waals surface area contributed by atoms with Crippen molar-refractivity contribution < 1.29 is 9.15 Å². The van der Waals surface area contributed by atoms with Gasteiger partial charge in [-0.15, -0.1) is 0 Å². The number of hydrogen-bond donors (Lipinski definition) is 1. The lowest BCUT2D eigenvalue weighted by Crippen LogP contribution is -2.18. The first kappa shape index (κ1) is 13.6. The standard InChI is InChI=1S/C15H25NO2/c1-11-4-3-5-13(6-11)9-17-10-14-7-12(2)15(8-16)18-14/h7,11,13H,3-6,8-10,16H2,1-2H3. The zero-order valence-electron chi connectivity index (χ0n) is 11.6. The quantitative estimate of drug-likeness (QED) is 0.872. The number of aryl methyl sites for hydroxylation is 1. The van der Waals surface area contributed by atoms with E-state index in [9.17, 15) is 0 Å². The maximum absolute atomic E-state index is 5.79. The lowest BCUT2D eigenvalue weighted by atomic mass is 9.83. The molecule has 1 aromatic heterocycles. The third-order valence-corrected chi connectivity index (χ3v) is 3.90. The molecule has 3 nitrogen and oxygen atoms in total. The fourth-order valence-electron chi connectivity index (χ4n) is 2.90. The highest BCUT2D eigenvalue weighted by atomic mass is 16.5. The summed E-state index contributed by atoms with van der Waals surface area (Å²) in [5.41, 5.74) is 6.72. The van der Waals surface area contributed by atoms with Crippen LogP contribution < -0.4 is 5.73 Å². The lowest BCUT2D eigenvalue weighted by molar-refractivity contribution is 0.0560. The van der Waals surface area contributed by atoms with E-state index in [1.54, 1.807) is 0 Å². The molecule has 2 atom stereocenters. The average Bonchev–Trinajstić information content (AvgIpc) is 2.70. The van der Waals surface area contributed by atoms with Crippen molar-refractivity contribution in [2.75, 3.05) is 6.61 Å². The van der Waals surface area contributed by atoms with Gasteiger partial charge in [-0.05, 0) is 43.2 Å². The molecular formula is C15H25NO2. The average molecular weight is 251 g/mol. The summed E-state index contributed by atoms with van der Waals surface area (Å²) in [5.74, 6) is 3.37. The molecule has 1 fully saturated rings. The van der Waals surface area contributed by atoms with Crippen LogP contribution in [-0.4, -0.2) is 6.61 Å². The molecule has 0 spiro atoms. The first-order chi connectivity index (χ1) is 8.69. The summed E-state index contributed by atoms with van der Waals surface area (Å²) in [4.78, 5) is 0. The molecule has 0 amide bonds. The number of hydrogen-bond acceptors (Lipinski definition) is 3. The zero-order valence-corrected chi connectivity index (χ0v) is 11.6. The van der Waals surface area contributed by atoms with Gasteiger partial charge in [0.15, 0.2) is 0 Å². The van der Waals surface area contributed by atoms with E-state index in [1.165, 1.54) is 25.7 Å². The Morgan fingerprint density at radius 2 is 2.28 bits per heavy atom. The van der Waals surface area contributed by atoms with E-state index in [1.807, 2.05) is 13.0 Å². The van der Waals surface area contributed by atoms with Crippen LogP contribution in [0.3, 0.4) is 0 Å². The topological polar surface area (TPSA) is 48.4 Å². The molecule has 0 aromatic carbocycles. The molecule has 1 saturated carbocycles. The number of furan rings is 1. The minimum atomic E-state index is 0.464. The van der Waals surface area contributed by atoms with Crippen LogP contribution in [0, 0.1) is 18.8 Å². The van der Waals surface area contributed by atoms with E-state index in [2.05, 4.69) is 6.92 Å². The van der Waals surface area contributed by atoms with Crippen LogP contribution in [0.15, 0.2) is 10.5 Å². The molecule has 1 aromatic rings. The second-order valence-corrected chi connectivity index (χ2v) is 5.68. The first-order valence-electron chi connectivity index (χ1n) is 7.05. The van der Waals surface area contributed by atoms with Gasteiger partial charge in [-0.3, -0.25) is 0 Å². The number of ether oxygens (including phenoxy) is 1. The van der Waals surface area contributed by atoms with Gasteiger partial charge >= 0.3 is 0 Å². The van der Waals surface area contributed by atoms with Crippen LogP contribution in [0.4, 0.5) is 0 Å². The van der Waals surface area contributed by atoms with Crippen LogP contribution in [0.2, 0.25) is 0 Å². The molecule has 0 saturated heterocycles. The third-order valence-electron chi connectivity index (χ3n) is 3.90. The van der Waals surface area contributed by atoms with Crippen LogP contribution >= 0.6 is 0 Å².